The highest BCUT2D eigenvalue weighted by Gasteiger charge is 2.22. The van der Waals surface area contributed by atoms with Crippen LogP contribution < -0.4 is 15.1 Å². The summed E-state index contributed by atoms with van der Waals surface area (Å²) in [6.45, 7) is 3.91. The van der Waals surface area contributed by atoms with Gasteiger partial charge in [0, 0.05) is 11.9 Å². The number of nitrogens with zero attached hydrogens (tertiary/aromatic N) is 2. The number of hydrogen-bond acceptors (Lipinski definition) is 3. The highest BCUT2D eigenvalue weighted by Crippen LogP contribution is 2.09. The third-order valence-electron chi connectivity index (χ3n) is 3.96. The maximum absolute atomic E-state index is 13.1. The Morgan fingerprint density at radius 2 is 2.04 bits per heavy atom. The molecule has 5 nitrogen and oxygen atoms in total. The summed E-state index contributed by atoms with van der Waals surface area (Å²) in [7, 11) is 0. The molecule has 2 aromatic rings. The number of piperazine rings is 1. The molecule has 1 aliphatic rings. The van der Waals surface area contributed by atoms with Crippen molar-refractivity contribution in [1.82, 2.24) is 4.98 Å². The lowest BCUT2D eigenvalue weighted by Crippen LogP contribution is -3.15. The fourth-order valence-corrected chi connectivity index (χ4v) is 2.77. The molecule has 0 aliphatic carbocycles. The Bertz CT molecular complexity index is 657. The van der Waals surface area contributed by atoms with E-state index in [1.807, 2.05) is 18.2 Å². The Morgan fingerprint density at radius 1 is 1.22 bits per heavy atom. The van der Waals surface area contributed by atoms with Crippen LogP contribution in [-0.4, -0.2) is 43.6 Å². The van der Waals surface area contributed by atoms with E-state index >= 15 is 0 Å². The van der Waals surface area contributed by atoms with Crippen molar-refractivity contribution in [3.05, 3.63) is 54.5 Å². The van der Waals surface area contributed by atoms with E-state index in [1.165, 1.54) is 17.0 Å². The zero-order chi connectivity index (χ0) is 16.1. The molecule has 1 fully saturated rings. The van der Waals surface area contributed by atoms with Crippen molar-refractivity contribution >= 4 is 17.4 Å². The second kappa shape index (κ2) is 7.19. The number of pyridine rings is 1. The number of nitrogens with one attached hydrogen (secondary N) is 2. The summed E-state index contributed by atoms with van der Waals surface area (Å²) < 4.78 is 13.1. The van der Waals surface area contributed by atoms with Crippen molar-refractivity contribution in [3.63, 3.8) is 0 Å². The first-order chi connectivity index (χ1) is 11.2. The molecule has 2 heterocycles. The average molecular weight is 315 g/mol. The minimum absolute atomic E-state index is 0.0862. The number of rotatable bonds is 4. The molecule has 1 saturated heterocycles. The smallest absolute Gasteiger partial charge is 0.279 e. The summed E-state index contributed by atoms with van der Waals surface area (Å²) in [4.78, 5) is 19.9. The largest absolute Gasteiger partial charge is 0.345 e. The number of halogens is 1. The average Bonchev–Trinajstić information content (AvgIpc) is 2.56. The van der Waals surface area contributed by atoms with E-state index in [-0.39, 0.29) is 11.7 Å². The summed E-state index contributed by atoms with van der Waals surface area (Å²) in [6.07, 6.45) is 1.79. The van der Waals surface area contributed by atoms with Gasteiger partial charge in [-0.1, -0.05) is 12.1 Å². The van der Waals surface area contributed by atoms with Crippen molar-refractivity contribution in [2.45, 2.75) is 0 Å². The molecule has 0 radical (unpaired) electrons. The lowest BCUT2D eigenvalue weighted by Gasteiger charge is -2.32. The highest BCUT2D eigenvalue weighted by molar-refractivity contribution is 5.91. The van der Waals surface area contributed by atoms with Crippen molar-refractivity contribution < 1.29 is 14.1 Å². The Balaban J connectivity index is 1.48. The van der Waals surface area contributed by atoms with Gasteiger partial charge in [-0.05, 0) is 30.3 Å². The van der Waals surface area contributed by atoms with Gasteiger partial charge < -0.3 is 15.1 Å². The maximum Gasteiger partial charge on any atom is 0.279 e. The summed E-state index contributed by atoms with van der Waals surface area (Å²) in [5.41, 5.74) is 0.501. The van der Waals surface area contributed by atoms with Crippen molar-refractivity contribution in [1.29, 1.82) is 0 Å². The van der Waals surface area contributed by atoms with Crippen molar-refractivity contribution in [2.24, 2.45) is 0 Å². The van der Waals surface area contributed by atoms with Crippen LogP contribution in [-0.2, 0) is 4.79 Å². The van der Waals surface area contributed by atoms with Crippen LogP contribution in [0, 0.1) is 5.82 Å². The van der Waals surface area contributed by atoms with Gasteiger partial charge in [-0.2, -0.15) is 0 Å². The molecule has 23 heavy (non-hydrogen) atoms. The Kier molecular flexibility index (Phi) is 4.83. The van der Waals surface area contributed by atoms with Crippen LogP contribution in [0.5, 0.6) is 0 Å². The van der Waals surface area contributed by atoms with E-state index in [1.54, 1.807) is 18.3 Å². The molecular weight excluding hydrogens is 295 g/mol. The van der Waals surface area contributed by atoms with Gasteiger partial charge in [-0.3, -0.25) is 4.79 Å². The molecule has 3 rings (SSSR count). The van der Waals surface area contributed by atoms with Gasteiger partial charge in [0.25, 0.3) is 5.91 Å². The lowest BCUT2D eigenvalue weighted by molar-refractivity contribution is -0.892. The van der Waals surface area contributed by atoms with E-state index in [2.05, 4.69) is 15.2 Å². The fraction of sp³-hybridized carbons (Fsp3) is 0.294. The van der Waals surface area contributed by atoms with Gasteiger partial charge in [-0.25, -0.2) is 9.37 Å². The predicted octanol–water partition coefficient (Wildman–Crippen LogP) is 0.564. The normalized spacial score (nSPS) is 15.4. The number of benzene rings is 1. The number of aromatic nitrogens is 1. The van der Waals surface area contributed by atoms with Crippen LogP contribution in [0.3, 0.4) is 0 Å². The van der Waals surface area contributed by atoms with Gasteiger partial charge in [0.2, 0.25) is 0 Å². The van der Waals surface area contributed by atoms with E-state index in [9.17, 15) is 9.18 Å². The number of carbonyl (C=O) groups is 1. The van der Waals surface area contributed by atoms with Gasteiger partial charge in [-0.15, -0.1) is 0 Å². The van der Waals surface area contributed by atoms with Crippen LogP contribution in [0.25, 0.3) is 0 Å². The zero-order valence-electron chi connectivity index (χ0n) is 12.8. The molecule has 0 unspecified atom stereocenters. The van der Waals surface area contributed by atoms with E-state index < -0.39 is 0 Å². The van der Waals surface area contributed by atoms with Gasteiger partial charge >= 0.3 is 0 Å². The summed E-state index contributed by atoms with van der Waals surface area (Å²) >= 11 is 0. The number of anilines is 2. The molecule has 6 heteroatoms. The second-order valence-electron chi connectivity index (χ2n) is 5.66. The summed E-state index contributed by atoms with van der Waals surface area (Å²) in [5.74, 6) is 0.548. The number of carbonyl (C=O) groups excluding carboxylic acids is 1. The number of amides is 1. The molecule has 0 bridgehead atoms. The Hall–Kier alpha value is -2.47. The molecular formula is C17H20FN4O+. The molecule has 1 aliphatic heterocycles. The molecule has 120 valence electrons. The van der Waals surface area contributed by atoms with Crippen molar-refractivity contribution in [2.75, 3.05) is 42.9 Å². The first kappa shape index (κ1) is 15.4. The van der Waals surface area contributed by atoms with Crippen LogP contribution in [0.4, 0.5) is 15.9 Å². The van der Waals surface area contributed by atoms with Gasteiger partial charge in [0.05, 0.1) is 26.2 Å². The molecule has 1 amide bonds. The van der Waals surface area contributed by atoms with Gasteiger partial charge in [0.15, 0.2) is 6.54 Å². The van der Waals surface area contributed by atoms with Crippen LogP contribution in [0.15, 0.2) is 48.7 Å². The minimum atomic E-state index is -0.348. The lowest BCUT2D eigenvalue weighted by atomic mass is 10.3. The first-order valence-corrected chi connectivity index (χ1v) is 7.76. The summed E-state index contributed by atoms with van der Waals surface area (Å²) in [6, 6.07) is 11.8. The number of quaternary nitrogens is 1. The first-order valence-electron chi connectivity index (χ1n) is 7.76. The summed E-state index contributed by atoms with van der Waals surface area (Å²) in [5, 5.41) is 2.75. The number of hydrogen-bond donors (Lipinski definition) is 2. The minimum Gasteiger partial charge on any atom is -0.345 e. The van der Waals surface area contributed by atoms with Crippen LogP contribution in [0.1, 0.15) is 0 Å². The van der Waals surface area contributed by atoms with Crippen molar-refractivity contribution in [3.8, 4) is 0 Å². The second-order valence-corrected chi connectivity index (χ2v) is 5.66. The standard InChI is InChI=1S/C17H19FN4O/c18-14-4-3-5-15(12-14)20-17(23)13-21-8-10-22(11-9-21)16-6-1-2-7-19-16/h1-7,12H,8-11,13H2,(H,20,23)/p+1. The topological polar surface area (TPSA) is 49.7 Å². The molecule has 0 spiro atoms. The zero-order valence-corrected chi connectivity index (χ0v) is 12.8. The van der Waals surface area contributed by atoms with E-state index in [0.717, 1.165) is 32.0 Å². The molecule has 1 aromatic heterocycles. The van der Waals surface area contributed by atoms with Crippen LogP contribution in [0.2, 0.25) is 0 Å². The third kappa shape index (κ3) is 4.26. The molecule has 0 saturated carbocycles. The molecule has 1 aromatic carbocycles. The predicted molar refractivity (Wildman–Crippen MR) is 87.0 cm³/mol. The quantitative estimate of drug-likeness (QED) is 0.867. The van der Waals surface area contributed by atoms with E-state index in [4.69, 9.17) is 0 Å². The monoisotopic (exact) mass is 315 g/mol. The Morgan fingerprint density at radius 3 is 2.74 bits per heavy atom. The van der Waals surface area contributed by atoms with Crippen LogP contribution >= 0.6 is 0 Å². The molecule has 2 N–H and O–H groups in total. The third-order valence-corrected chi connectivity index (χ3v) is 3.96. The molecule has 0 atom stereocenters. The van der Waals surface area contributed by atoms with Gasteiger partial charge in [0.1, 0.15) is 11.6 Å². The Labute approximate surface area is 134 Å². The maximum atomic E-state index is 13.1. The fourth-order valence-electron chi connectivity index (χ4n) is 2.77. The SMILES string of the molecule is O=C(C[NH+]1CCN(c2ccccn2)CC1)Nc1cccc(F)c1. The highest BCUT2D eigenvalue weighted by atomic mass is 19.1. The van der Waals surface area contributed by atoms with E-state index in [0.29, 0.717) is 12.2 Å².